The normalized spacial score (nSPS) is 11.0. The monoisotopic (exact) mass is 268 g/mol. The van der Waals surface area contributed by atoms with Crippen molar-refractivity contribution in [1.29, 1.82) is 0 Å². The van der Waals surface area contributed by atoms with Crippen LogP contribution in [0.2, 0.25) is 0 Å². The molecule has 0 aliphatic heterocycles. The first-order chi connectivity index (χ1) is 9.34. The van der Waals surface area contributed by atoms with E-state index in [4.69, 9.17) is 0 Å². The third kappa shape index (κ3) is 2.66. The number of aryl methyl sites for hydroxylation is 1. The first-order valence-corrected chi connectivity index (χ1v) is 7.54. The number of pyridine rings is 1. The molecule has 2 aromatic heterocycles. The highest BCUT2D eigenvalue weighted by Crippen LogP contribution is 2.19. The molecule has 3 heteroatoms. The van der Waals surface area contributed by atoms with Gasteiger partial charge in [0.1, 0.15) is 5.65 Å². The molecule has 0 fully saturated rings. The summed E-state index contributed by atoms with van der Waals surface area (Å²) < 4.78 is 2.23. The lowest BCUT2D eigenvalue weighted by Gasteiger charge is -2.05. The minimum atomic E-state index is 0.987. The van der Waals surface area contributed by atoms with Gasteiger partial charge in [-0.2, -0.15) is 11.8 Å². The SMILES string of the molecule is Cc1cccc2ncc(CSCc3ccccc3)n12. The Bertz CT molecular complexity index is 674. The molecule has 0 N–H and O–H groups in total. The van der Waals surface area contributed by atoms with Crippen LogP contribution in [0.4, 0.5) is 0 Å². The number of nitrogens with zero attached hydrogens (tertiary/aromatic N) is 2. The van der Waals surface area contributed by atoms with Gasteiger partial charge in [-0.05, 0) is 24.6 Å². The van der Waals surface area contributed by atoms with Crippen LogP contribution in [0.5, 0.6) is 0 Å². The molecule has 3 aromatic rings. The lowest BCUT2D eigenvalue weighted by molar-refractivity contribution is 1.03. The van der Waals surface area contributed by atoms with Gasteiger partial charge < -0.3 is 4.40 Å². The Balaban J connectivity index is 1.72. The third-order valence-electron chi connectivity index (χ3n) is 3.16. The van der Waals surface area contributed by atoms with Crippen LogP contribution in [0.3, 0.4) is 0 Å². The van der Waals surface area contributed by atoms with E-state index in [1.165, 1.54) is 17.0 Å². The molecule has 0 bridgehead atoms. The fourth-order valence-corrected chi connectivity index (χ4v) is 3.17. The molecule has 1 aromatic carbocycles. The molecule has 19 heavy (non-hydrogen) atoms. The van der Waals surface area contributed by atoms with Crippen LogP contribution in [0.1, 0.15) is 17.0 Å². The standard InChI is InChI=1S/C16H16N2S/c1-13-6-5-9-16-17-10-15(18(13)16)12-19-11-14-7-3-2-4-8-14/h2-10H,11-12H2,1H3. The van der Waals surface area contributed by atoms with E-state index in [-0.39, 0.29) is 0 Å². The maximum absolute atomic E-state index is 4.45. The third-order valence-corrected chi connectivity index (χ3v) is 4.20. The highest BCUT2D eigenvalue weighted by molar-refractivity contribution is 7.97. The van der Waals surface area contributed by atoms with Crippen LogP contribution < -0.4 is 0 Å². The highest BCUT2D eigenvalue weighted by atomic mass is 32.2. The zero-order chi connectivity index (χ0) is 13.1. The lowest BCUT2D eigenvalue weighted by atomic mass is 10.2. The van der Waals surface area contributed by atoms with Crippen LogP contribution in [-0.4, -0.2) is 9.38 Å². The number of hydrogen-bond acceptors (Lipinski definition) is 2. The fourth-order valence-electron chi connectivity index (χ4n) is 2.23. The molecule has 0 atom stereocenters. The Morgan fingerprint density at radius 2 is 1.84 bits per heavy atom. The predicted octanol–water partition coefficient (Wildman–Crippen LogP) is 4.08. The topological polar surface area (TPSA) is 17.3 Å². The summed E-state index contributed by atoms with van der Waals surface area (Å²) in [4.78, 5) is 4.45. The summed E-state index contributed by atoms with van der Waals surface area (Å²) in [6.07, 6.45) is 1.99. The molecular formula is C16H16N2S. The van der Waals surface area contributed by atoms with Crippen LogP contribution >= 0.6 is 11.8 Å². The predicted molar refractivity (Wildman–Crippen MR) is 81.4 cm³/mol. The van der Waals surface area contributed by atoms with E-state index < -0.39 is 0 Å². The molecule has 0 amide bonds. The average molecular weight is 268 g/mol. The number of thioether (sulfide) groups is 1. The maximum atomic E-state index is 4.45. The molecule has 2 nitrogen and oxygen atoms in total. The molecule has 2 heterocycles. The Morgan fingerprint density at radius 3 is 2.68 bits per heavy atom. The molecule has 0 saturated carbocycles. The van der Waals surface area contributed by atoms with Gasteiger partial charge in [0.05, 0.1) is 11.9 Å². The van der Waals surface area contributed by atoms with E-state index in [9.17, 15) is 0 Å². The van der Waals surface area contributed by atoms with Gasteiger partial charge in [0.2, 0.25) is 0 Å². The summed E-state index contributed by atoms with van der Waals surface area (Å²) in [5.41, 5.74) is 4.92. The van der Waals surface area contributed by atoms with E-state index in [1.54, 1.807) is 0 Å². The van der Waals surface area contributed by atoms with Gasteiger partial charge in [-0.3, -0.25) is 0 Å². The van der Waals surface area contributed by atoms with Gasteiger partial charge in [0.25, 0.3) is 0 Å². The van der Waals surface area contributed by atoms with Crippen molar-refractivity contribution in [2.45, 2.75) is 18.4 Å². The summed E-state index contributed by atoms with van der Waals surface area (Å²) >= 11 is 1.93. The van der Waals surface area contributed by atoms with Crippen molar-refractivity contribution in [3.63, 3.8) is 0 Å². The highest BCUT2D eigenvalue weighted by Gasteiger charge is 2.05. The molecule has 3 rings (SSSR count). The molecule has 0 radical (unpaired) electrons. The first kappa shape index (κ1) is 12.3. The van der Waals surface area contributed by atoms with Crippen molar-refractivity contribution < 1.29 is 0 Å². The number of fused-ring (bicyclic) bond motifs is 1. The van der Waals surface area contributed by atoms with Crippen LogP contribution in [0, 0.1) is 6.92 Å². The quantitative estimate of drug-likeness (QED) is 0.709. The Hall–Kier alpha value is -1.74. The minimum Gasteiger partial charge on any atom is -0.301 e. The Kier molecular flexibility index (Phi) is 3.56. The Labute approximate surface area is 117 Å². The van der Waals surface area contributed by atoms with Gasteiger partial charge in [0.15, 0.2) is 0 Å². The molecule has 0 aliphatic carbocycles. The molecule has 0 aliphatic rings. The lowest BCUT2D eigenvalue weighted by Crippen LogP contribution is -1.95. The second-order valence-corrected chi connectivity index (χ2v) is 5.57. The van der Waals surface area contributed by atoms with Gasteiger partial charge in [-0.15, -0.1) is 0 Å². The smallest absolute Gasteiger partial charge is 0.137 e. The van der Waals surface area contributed by atoms with E-state index in [0.717, 1.165) is 17.2 Å². The van der Waals surface area contributed by atoms with E-state index in [2.05, 4.69) is 64.8 Å². The van der Waals surface area contributed by atoms with Crippen molar-refractivity contribution in [1.82, 2.24) is 9.38 Å². The van der Waals surface area contributed by atoms with Crippen LogP contribution in [0.15, 0.2) is 54.7 Å². The van der Waals surface area contributed by atoms with Crippen LogP contribution in [-0.2, 0) is 11.5 Å². The van der Waals surface area contributed by atoms with Crippen molar-refractivity contribution in [2.24, 2.45) is 0 Å². The van der Waals surface area contributed by atoms with Crippen molar-refractivity contribution in [3.8, 4) is 0 Å². The minimum absolute atomic E-state index is 0.987. The number of imidazole rings is 1. The molecule has 96 valence electrons. The average Bonchev–Trinajstić information content (AvgIpc) is 2.85. The fraction of sp³-hybridized carbons (Fsp3) is 0.188. The van der Waals surface area contributed by atoms with Gasteiger partial charge in [0, 0.05) is 17.2 Å². The summed E-state index contributed by atoms with van der Waals surface area (Å²) in [6, 6.07) is 16.8. The van der Waals surface area contributed by atoms with E-state index in [1.807, 2.05) is 18.0 Å². The Morgan fingerprint density at radius 1 is 1.00 bits per heavy atom. The second-order valence-electron chi connectivity index (χ2n) is 4.59. The van der Waals surface area contributed by atoms with Gasteiger partial charge >= 0.3 is 0 Å². The van der Waals surface area contributed by atoms with E-state index in [0.29, 0.717) is 0 Å². The maximum Gasteiger partial charge on any atom is 0.137 e. The van der Waals surface area contributed by atoms with Crippen molar-refractivity contribution >= 4 is 17.4 Å². The number of hydrogen-bond donors (Lipinski definition) is 0. The summed E-state index contributed by atoms with van der Waals surface area (Å²) in [5.74, 6) is 2.03. The second kappa shape index (κ2) is 5.49. The number of benzene rings is 1. The van der Waals surface area contributed by atoms with Crippen molar-refractivity contribution in [3.05, 3.63) is 71.7 Å². The summed E-state index contributed by atoms with van der Waals surface area (Å²) in [7, 11) is 0. The van der Waals surface area contributed by atoms with Crippen molar-refractivity contribution in [2.75, 3.05) is 0 Å². The van der Waals surface area contributed by atoms with Gasteiger partial charge in [-0.1, -0.05) is 36.4 Å². The zero-order valence-electron chi connectivity index (χ0n) is 10.9. The van der Waals surface area contributed by atoms with Gasteiger partial charge in [-0.25, -0.2) is 4.98 Å². The number of rotatable bonds is 4. The molecule has 0 unspecified atom stereocenters. The first-order valence-electron chi connectivity index (χ1n) is 6.38. The molecule has 0 saturated heterocycles. The number of aromatic nitrogens is 2. The van der Waals surface area contributed by atoms with E-state index >= 15 is 0 Å². The molecule has 0 spiro atoms. The zero-order valence-corrected chi connectivity index (χ0v) is 11.7. The summed E-state index contributed by atoms with van der Waals surface area (Å²) in [6.45, 7) is 2.13. The van der Waals surface area contributed by atoms with Crippen LogP contribution in [0.25, 0.3) is 5.65 Å². The summed E-state index contributed by atoms with van der Waals surface area (Å²) in [5, 5.41) is 0. The largest absolute Gasteiger partial charge is 0.301 e. The molecular weight excluding hydrogens is 252 g/mol.